The molecule has 0 bridgehead atoms. The number of halogens is 1. The molecule has 1 saturated heterocycles. The van der Waals surface area contributed by atoms with Gasteiger partial charge in [0.1, 0.15) is 5.76 Å². The molecule has 0 spiro atoms. The molecule has 7 heteroatoms. The van der Waals surface area contributed by atoms with Gasteiger partial charge in [-0.15, -0.1) is 0 Å². The molecular weight excluding hydrogens is 423 g/mol. The molecule has 6 nitrogen and oxygen atoms in total. The average molecular weight is 455 g/mol. The van der Waals surface area contributed by atoms with Gasteiger partial charge < -0.3 is 19.2 Å². The second-order valence-corrected chi connectivity index (χ2v) is 9.35. The van der Waals surface area contributed by atoms with Crippen molar-refractivity contribution in [2.45, 2.75) is 51.0 Å². The van der Waals surface area contributed by atoms with Crippen LogP contribution in [0.15, 0.2) is 40.9 Å². The maximum Gasteiger partial charge on any atom is 0.306 e. The van der Waals surface area contributed by atoms with Gasteiger partial charge in [-0.2, -0.15) is 4.39 Å². The van der Waals surface area contributed by atoms with Crippen LogP contribution >= 0.6 is 0 Å². The monoisotopic (exact) mass is 454 g/mol. The van der Waals surface area contributed by atoms with E-state index in [1.807, 2.05) is 24.4 Å². The number of piperidine rings is 1. The van der Waals surface area contributed by atoms with E-state index >= 15 is 0 Å². The molecule has 2 aromatic heterocycles. The van der Waals surface area contributed by atoms with Crippen molar-refractivity contribution in [2.24, 2.45) is 11.8 Å². The van der Waals surface area contributed by atoms with E-state index in [-0.39, 0.29) is 11.8 Å². The summed E-state index contributed by atoms with van der Waals surface area (Å²) in [5, 5.41) is 10.7. The molecule has 1 aliphatic heterocycles. The van der Waals surface area contributed by atoms with Crippen LogP contribution in [0, 0.1) is 17.8 Å². The Kier molecular flexibility index (Phi) is 6.51. The SMILES string of the molecule is O=C(O)C1CCCC2C1CCCN2COCCCc1c[nH]c2cccc(-c3ccc(F)o3)c12. The molecule has 3 unspecified atom stereocenters. The van der Waals surface area contributed by atoms with Crippen molar-refractivity contribution >= 4 is 16.9 Å². The van der Waals surface area contributed by atoms with Gasteiger partial charge >= 0.3 is 5.97 Å². The number of carboxylic acids is 1. The van der Waals surface area contributed by atoms with Crippen molar-refractivity contribution in [1.29, 1.82) is 0 Å². The van der Waals surface area contributed by atoms with Gasteiger partial charge in [-0.1, -0.05) is 18.6 Å². The van der Waals surface area contributed by atoms with Crippen molar-refractivity contribution in [3.05, 3.63) is 48.1 Å². The number of carboxylic acid groups (broad SMARTS) is 1. The molecule has 1 aliphatic carbocycles. The maximum atomic E-state index is 13.4. The number of carbonyl (C=O) groups is 1. The minimum absolute atomic E-state index is 0.203. The molecule has 3 aromatic rings. The van der Waals surface area contributed by atoms with E-state index in [1.54, 1.807) is 6.07 Å². The number of aromatic amines is 1. The Morgan fingerprint density at radius 3 is 2.94 bits per heavy atom. The zero-order valence-electron chi connectivity index (χ0n) is 18.8. The Morgan fingerprint density at radius 2 is 2.12 bits per heavy atom. The standard InChI is InChI=1S/C26H31FN2O4/c27-24-12-11-23(33-24)20-7-1-9-21-25(20)17(15-28-21)5-4-14-32-16-29-13-3-8-18-19(26(30)31)6-2-10-22(18)29/h1,7,9,11-12,15,18-19,22,28H,2-6,8,10,13-14,16H2,(H,30,31). The van der Waals surface area contributed by atoms with Gasteiger partial charge in [0.15, 0.2) is 0 Å². The Hall–Kier alpha value is -2.64. The number of benzene rings is 1. The first-order valence-corrected chi connectivity index (χ1v) is 12.0. The topological polar surface area (TPSA) is 78.7 Å². The van der Waals surface area contributed by atoms with Crippen LogP contribution in [-0.4, -0.2) is 46.9 Å². The second kappa shape index (κ2) is 9.69. The predicted molar refractivity (Wildman–Crippen MR) is 123 cm³/mol. The smallest absolute Gasteiger partial charge is 0.306 e. The van der Waals surface area contributed by atoms with E-state index in [4.69, 9.17) is 9.15 Å². The first-order chi connectivity index (χ1) is 16.1. The molecule has 176 valence electrons. The summed E-state index contributed by atoms with van der Waals surface area (Å²) in [4.78, 5) is 17.3. The van der Waals surface area contributed by atoms with E-state index in [0.29, 0.717) is 25.1 Å². The number of likely N-dealkylation sites (tertiary alicyclic amines) is 1. The van der Waals surface area contributed by atoms with E-state index in [2.05, 4.69) is 9.88 Å². The molecule has 1 aromatic carbocycles. The third-order valence-electron chi connectivity index (χ3n) is 7.41. The van der Waals surface area contributed by atoms with Crippen LogP contribution in [0.5, 0.6) is 0 Å². The molecule has 5 rings (SSSR count). The fraction of sp³-hybridized carbons (Fsp3) is 0.500. The minimum atomic E-state index is -0.636. The minimum Gasteiger partial charge on any atom is -0.481 e. The van der Waals surface area contributed by atoms with Crippen molar-refractivity contribution in [3.63, 3.8) is 0 Å². The lowest BCUT2D eigenvalue weighted by molar-refractivity contribution is -0.149. The molecule has 3 atom stereocenters. The summed E-state index contributed by atoms with van der Waals surface area (Å²) in [5.74, 6) is -0.0558. The highest BCUT2D eigenvalue weighted by molar-refractivity contribution is 5.96. The highest BCUT2D eigenvalue weighted by Crippen LogP contribution is 2.39. The Labute approximate surface area is 192 Å². The van der Waals surface area contributed by atoms with Crippen LogP contribution in [0.25, 0.3) is 22.2 Å². The van der Waals surface area contributed by atoms with Gasteiger partial charge in [-0.3, -0.25) is 9.69 Å². The number of aromatic nitrogens is 1. The molecule has 3 heterocycles. The van der Waals surface area contributed by atoms with Gasteiger partial charge in [0, 0.05) is 47.9 Å². The zero-order valence-corrected chi connectivity index (χ0v) is 18.8. The highest BCUT2D eigenvalue weighted by Gasteiger charge is 2.41. The molecule has 2 aliphatic rings. The molecule has 1 saturated carbocycles. The number of hydrogen-bond donors (Lipinski definition) is 2. The van der Waals surface area contributed by atoms with Gasteiger partial charge in [-0.25, -0.2) is 0 Å². The molecule has 2 N–H and O–H groups in total. The Balaban J connectivity index is 1.17. The number of aryl methyl sites for hydroxylation is 1. The largest absolute Gasteiger partial charge is 0.481 e. The lowest BCUT2D eigenvalue weighted by atomic mass is 9.71. The van der Waals surface area contributed by atoms with Crippen LogP contribution in [0.3, 0.4) is 0 Å². The lowest BCUT2D eigenvalue weighted by Crippen LogP contribution is -2.51. The Bertz CT molecular complexity index is 1110. The number of furan rings is 1. The van der Waals surface area contributed by atoms with Crippen molar-refractivity contribution in [1.82, 2.24) is 9.88 Å². The number of fused-ring (bicyclic) bond motifs is 2. The zero-order chi connectivity index (χ0) is 22.8. The van der Waals surface area contributed by atoms with E-state index < -0.39 is 12.0 Å². The van der Waals surface area contributed by atoms with Gasteiger partial charge in [0.2, 0.25) is 0 Å². The van der Waals surface area contributed by atoms with E-state index in [0.717, 1.165) is 73.5 Å². The number of H-pyrrole nitrogens is 1. The summed E-state index contributed by atoms with van der Waals surface area (Å²) in [5.41, 5.74) is 3.05. The predicted octanol–water partition coefficient (Wildman–Crippen LogP) is 5.44. The summed E-state index contributed by atoms with van der Waals surface area (Å²) >= 11 is 0. The number of hydrogen-bond acceptors (Lipinski definition) is 4. The van der Waals surface area contributed by atoms with E-state index in [9.17, 15) is 14.3 Å². The van der Waals surface area contributed by atoms with Crippen molar-refractivity contribution in [3.8, 4) is 11.3 Å². The number of rotatable bonds is 8. The van der Waals surface area contributed by atoms with Gasteiger partial charge in [0.05, 0.1) is 12.6 Å². The Morgan fingerprint density at radius 1 is 1.21 bits per heavy atom. The third kappa shape index (κ3) is 4.57. The molecular formula is C26H31FN2O4. The molecule has 0 amide bonds. The first-order valence-electron chi connectivity index (χ1n) is 12.0. The van der Waals surface area contributed by atoms with Crippen LogP contribution in [-0.2, 0) is 16.0 Å². The van der Waals surface area contributed by atoms with Crippen molar-refractivity contribution < 1.29 is 23.4 Å². The molecule has 2 fully saturated rings. The summed E-state index contributed by atoms with van der Waals surface area (Å²) < 4.78 is 24.7. The second-order valence-electron chi connectivity index (χ2n) is 9.35. The molecule has 0 radical (unpaired) electrons. The quantitative estimate of drug-likeness (QED) is 0.443. The fourth-order valence-electron chi connectivity index (χ4n) is 5.92. The van der Waals surface area contributed by atoms with E-state index in [1.165, 1.54) is 6.07 Å². The highest BCUT2D eigenvalue weighted by atomic mass is 19.1. The van der Waals surface area contributed by atoms with Crippen LogP contribution in [0.4, 0.5) is 4.39 Å². The number of nitrogens with zero attached hydrogens (tertiary/aromatic N) is 1. The van der Waals surface area contributed by atoms with Crippen LogP contribution < -0.4 is 0 Å². The lowest BCUT2D eigenvalue weighted by Gasteiger charge is -2.46. The first kappa shape index (κ1) is 22.2. The number of ether oxygens (including phenoxy) is 1. The fourth-order valence-corrected chi connectivity index (χ4v) is 5.92. The summed E-state index contributed by atoms with van der Waals surface area (Å²) in [6.07, 6.45) is 8.64. The van der Waals surface area contributed by atoms with Crippen LogP contribution in [0.1, 0.15) is 44.1 Å². The average Bonchev–Trinajstić information content (AvgIpc) is 3.44. The maximum absolute atomic E-state index is 13.4. The number of aliphatic carboxylic acids is 1. The number of nitrogens with one attached hydrogen (secondary N) is 1. The summed E-state index contributed by atoms with van der Waals surface area (Å²) in [6.45, 7) is 2.19. The van der Waals surface area contributed by atoms with Crippen LogP contribution in [0.2, 0.25) is 0 Å². The summed E-state index contributed by atoms with van der Waals surface area (Å²) in [7, 11) is 0. The van der Waals surface area contributed by atoms with Crippen molar-refractivity contribution in [2.75, 3.05) is 19.9 Å². The van der Waals surface area contributed by atoms with Gasteiger partial charge in [-0.05, 0) is 62.1 Å². The molecule has 33 heavy (non-hydrogen) atoms. The summed E-state index contributed by atoms with van der Waals surface area (Å²) in [6, 6.07) is 8.65. The normalized spacial score (nSPS) is 23.6. The third-order valence-corrected chi connectivity index (χ3v) is 7.41. The van der Waals surface area contributed by atoms with Gasteiger partial charge in [0.25, 0.3) is 6.01 Å².